The van der Waals surface area contributed by atoms with Gasteiger partial charge in [-0.15, -0.1) is 0 Å². The van der Waals surface area contributed by atoms with Crippen molar-refractivity contribution in [2.75, 3.05) is 13.1 Å². The van der Waals surface area contributed by atoms with Gasteiger partial charge in [-0.25, -0.2) is 4.79 Å². The summed E-state index contributed by atoms with van der Waals surface area (Å²) in [5, 5.41) is 2.66. The smallest absolute Gasteiger partial charge is 0.407 e. The van der Waals surface area contributed by atoms with Crippen molar-refractivity contribution >= 4 is 17.8 Å². The maximum atomic E-state index is 13.1. The van der Waals surface area contributed by atoms with Crippen LogP contribution < -0.4 is 5.32 Å². The van der Waals surface area contributed by atoms with E-state index < -0.39 is 17.7 Å². The quantitative estimate of drug-likeness (QED) is 0.807. The van der Waals surface area contributed by atoms with Crippen LogP contribution in [0.5, 0.6) is 0 Å². The largest absolute Gasteiger partial charge is 0.444 e. The Labute approximate surface area is 160 Å². The SMILES string of the molecule is CC(C)(C)OC(=O)NCCN1C(=O)CC[C@H]1C(=O)c1cccc2c1CCC2. The predicted octanol–water partition coefficient (Wildman–Crippen LogP) is 2.87. The van der Waals surface area contributed by atoms with Gasteiger partial charge in [0.25, 0.3) is 0 Å². The number of nitrogens with zero attached hydrogens (tertiary/aromatic N) is 1. The fraction of sp³-hybridized carbons (Fsp3) is 0.571. The van der Waals surface area contributed by atoms with E-state index in [9.17, 15) is 14.4 Å². The minimum absolute atomic E-state index is 0.0249. The maximum absolute atomic E-state index is 13.1. The van der Waals surface area contributed by atoms with E-state index >= 15 is 0 Å². The fourth-order valence-corrected chi connectivity index (χ4v) is 3.91. The summed E-state index contributed by atoms with van der Waals surface area (Å²) in [5.74, 6) is -0.0104. The minimum atomic E-state index is -0.570. The molecule has 1 aliphatic carbocycles. The second kappa shape index (κ2) is 7.71. The number of nitrogens with one attached hydrogen (secondary N) is 1. The molecule has 0 saturated carbocycles. The Morgan fingerprint density at radius 2 is 2.00 bits per heavy atom. The molecule has 1 heterocycles. The van der Waals surface area contributed by atoms with Crippen molar-refractivity contribution in [2.24, 2.45) is 0 Å². The van der Waals surface area contributed by atoms with Gasteiger partial charge in [-0.2, -0.15) is 0 Å². The standard InChI is InChI=1S/C21H28N2O4/c1-21(2,3)27-20(26)22-12-13-23-17(10-11-18(23)24)19(25)16-9-5-7-14-6-4-8-15(14)16/h5,7,9,17H,4,6,8,10-13H2,1-3H3,(H,22,26)/t17-/m0/s1. The molecule has 0 aromatic heterocycles. The Balaban J connectivity index is 1.64. The lowest BCUT2D eigenvalue weighted by Gasteiger charge is -2.25. The summed E-state index contributed by atoms with van der Waals surface area (Å²) < 4.78 is 5.20. The molecule has 1 N–H and O–H groups in total. The summed E-state index contributed by atoms with van der Waals surface area (Å²) in [6.07, 6.45) is 3.41. The number of ether oxygens (including phenoxy) is 1. The number of fused-ring (bicyclic) bond motifs is 1. The van der Waals surface area contributed by atoms with Gasteiger partial charge in [-0.1, -0.05) is 18.2 Å². The van der Waals surface area contributed by atoms with E-state index in [1.165, 1.54) is 5.56 Å². The van der Waals surface area contributed by atoms with Gasteiger partial charge in [-0.05, 0) is 57.6 Å². The van der Waals surface area contributed by atoms with Gasteiger partial charge in [-0.3, -0.25) is 9.59 Å². The van der Waals surface area contributed by atoms with Crippen molar-refractivity contribution in [3.8, 4) is 0 Å². The van der Waals surface area contributed by atoms with Crippen LogP contribution in [0.25, 0.3) is 0 Å². The van der Waals surface area contributed by atoms with E-state index in [1.54, 1.807) is 25.7 Å². The van der Waals surface area contributed by atoms with Gasteiger partial charge in [0.1, 0.15) is 5.60 Å². The van der Waals surface area contributed by atoms with Crippen LogP contribution in [0.3, 0.4) is 0 Å². The van der Waals surface area contributed by atoms with Gasteiger partial charge in [0.05, 0.1) is 6.04 Å². The number of benzene rings is 1. The molecule has 1 aromatic carbocycles. The van der Waals surface area contributed by atoms with Crippen molar-refractivity contribution < 1.29 is 19.1 Å². The van der Waals surface area contributed by atoms with Crippen LogP contribution in [0.4, 0.5) is 4.79 Å². The monoisotopic (exact) mass is 372 g/mol. The van der Waals surface area contributed by atoms with Crippen molar-refractivity contribution in [2.45, 2.75) is 64.5 Å². The molecule has 0 radical (unpaired) electrons. The lowest BCUT2D eigenvalue weighted by Crippen LogP contribution is -2.44. The summed E-state index contributed by atoms with van der Waals surface area (Å²) in [4.78, 5) is 38.8. The molecule has 2 aliphatic rings. The molecular formula is C21H28N2O4. The van der Waals surface area contributed by atoms with Crippen LogP contribution in [0.2, 0.25) is 0 Å². The molecule has 2 amide bonds. The van der Waals surface area contributed by atoms with E-state index in [4.69, 9.17) is 4.74 Å². The first-order valence-corrected chi connectivity index (χ1v) is 9.67. The first-order valence-electron chi connectivity index (χ1n) is 9.67. The first kappa shape index (κ1) is 19.4. The molecule has 3 rings (SSSR count). The number of alkyl carbamates (subject to hydrolysis) is 1. The second-order valence-corrected chi connectivity index (χ2v) is 8.23. The Hall–Kier alpha value is -2.37. The Kier molecular flexibility index (Phi) is 5.53. The number of rotatable bonds is 5. The normalized spacial score (nSPS) is 19.1. The molecule has 146 valence electrons. The predicted molar refractivity (Wildman–Crippen MR) is 102 cm³/mol. The lowest BCUT2D eigenvalue weighted by atomic mass is 9.95. The Morgan fingerprint density at radius 1 is 1.22 bits per heavy atom. The number of aryl methyl sites for hydroxylation is 1. The Morgan fingerprint density at radius 3 is 2.74 bits per heavy atom. The lowest BCUT2D eigenvalue weighted by molar-refractivity contribution is -0.128. The topological polar surface area (TPSA) is 75.7 Å². The molecule has 1 saturated heterocycles. The van der Waals surface area contributed by atoms with Gasteiger partial charge >= 0.3 is 6.09 Å². The molecule has 0 bridgehead atoms. The number of Topliss-reactive ketones (excluding diaryl/α,β-unsaturated/α-hetero) is 1. The highest BCUT2D eigenvalue weighted by Gasteiger charge is 2.37. The van der Waals surface area contributed by atoms with Gasteiger partial charge < -0.3 is 15.0 Å². The number of likely N-dealkylation sites (tertiary alicyclic amines) is 1. The van der Waals surface area contributed by atoms with Crippen LogP contribution in [0, 0.1) is 0 Å². The maximum Gasteiger partial charge on any atom is 0.407 e. The highest BCUT2D eigenvalue weighted by atomic mass is 16.6. The zero-order valence-corrected chi connectivity index (χ0v) is 16.3. The molecule has 6 heteroatoms. The second-order valence-electron chi connectivity index (χ2n) is 8.23. The third kappa shape index (κ3) is 4.49. The summed E-state index contributed by atoms with van der Waals surface area (Å²) in [5.41, 5.74) is 2.59. The summed E-state index contributed by atoms with van der Waals surface area (Å²) in [7, 11) is 0. The molecule has 6 nitrogen and oxygen atoms in total. The van der Waals surface area contributed by atoms with Gasteiger partial charge in [0, 0.05) is 25.1 Å². The number of carbonyl (C=O) groups excluding carboxylic acids is 3. The molecule has 1 aliphatic heterocycles. The number of hydrogen-bond donors (Lipinski definition) is 1. The number of hydrogen-bond acceptors (Lipinski definition) is 4. The summed E-state index contributed by atoms with van der Waals surface area (Å²) in [6, 6.07) is 5.46. The van der Waals surface area contributed by atoms with E-state index in [0.29, 0.717) is 19.4 Å². The highest BCUT2D eigenvalue weighted by Crippen LogP contribution is 2.29. The zero-order valence-electron chi connectivity index (χ0n) is 16.3. The zero-order chi connectivity index (χ0) is 19.6. The number of amides is 2. The average molecular weight is 372 g/mol. The Bertz CT molecular complexity index is 751. The van der Waals surface area contributed by atoms with Crippen molar-refractivity contribution in [1.82, 2.24) is 10.2 Å². The summed E-state index contributed by atoms with van der Waals surface area (Å²) in [6.45, 7) is 5.96. The van der Waals surface area contributed by atoms with Crippen molar-refractivity contribution in [3.05, 3.63) is 34.9 Å². The highest BCUT2D eigenvalue weighted by molar-refractivity contribution is 6.04. The van der Waals surface area contributed by atoms with Crippen LogP contribution in [0.1, 0.15) is 61.5 Å². The summed E-state index contributed by atoms with van der Waals surface area (Å²) >= 11 is 0. The van der Waals surface area contributed by atoms with E-state index in [-0.39, 0.29) is 18.2 Å². The van der Waals surface area contributed by atoms with E-state index in [2.05, 4.69) is 11.4 Å². The third-order valence-electron chi connectivity index (χ3n) is 5.06. The number of carbonyl (C=O) groups is 3. The van der Waals surface area contributed by atoms with Crippen LogP contribution in [-0.2, 0) is 22.4 Å². The van der Waals surface area contributed by atoms with Gasteiger partial charge in [0.15, 0.2) is 5.78 Å². The molecule has 1 aromatic rings. The van der Waals surface area contributed by atoms with Crippen LogP contribution in [-0.4, -0.2) is 47.4 Å². The molecule has 27 heavy (non-hydrogen) atoms. The molecule has 1 atom stereocenters. The van der Waals surface area contributed by atoms with Crippen LogP contribution >= 0.6 is 0 Å². The van der Waals surface area contributed by atoms with E-state index in [0.717, 1.165) is 30.4 Å². The molecule has 0 spiro atoms. The van der Waals surface area contributed by atoms with Crippen molar-refractivity contribution in [3.63, 3.8) is 0 Å². The van der Waals surface area contributed by atoms with Crippen molar-refractivity contribution in [1.29, 1.82) is 0 Å². The average Bonchev–Trinajstić information content (AvgIpc) is 3.19. The third-order valence-corrected chi connectivity index (χ3v) is 5.06. The fourth-order valence-electron chi connectivity index (χ4n) is 3.91. The minimum Gasteiger partial charge on any atom is -0.444 e. The molecule has 0 unspecified atom stereocenters. The van der Waals surface area contributed by atoms with Gasteiger partial charge in [0.2, 0.25) is 5.91 Å². The number of ketones is 1. The molecule has 1 fully saturated rings. The van der Waals surface area contributed by atoms with E-state index in [1.807, 2.05) is 12.1 Å². The molecular weight excluding hydrogens is 344 g/mol. The van der Waals surface area contributed by atoms with Crippen LogP contribution in [0.15, 0.2) is 18.2 Å². The first-order chi connectivity index (χ1) is 12.8.